The quantitative estimate of drug-likeness (QED) is 0.857. The molecule has 1 unspecified atom stereocenters. The van der Waals surface area contributed by atoms with E-state index in [1.807, 2.05) is 32.0 Å². The number of halogens is 1. The van der Waals surface area contributed by atoms with Crippen LogP contribution in [0.15, 0.2) is 24.3 Å². The molecule has 5 heteroatoms. The Hall–Kier alpha value is -1.36. The molecule has 2 rings (SSSR count). The van der Waals surface area contributed by atoms with Gasteiger partial charge >= 0.3 is 0 Å². The monoisotopic (exact) mass is 338 g/mol. The van der Waals surface area contributed by atoms with Crippen LogP contribution >= 0.6 is 15.9 Å². The summed E-state index contributed by atoms with van der Waals surface area (Å²) < 4.78 is 0. The van der Waals surface area contributed by atoms with Crippen molar-refractivity contribution in [3.8, 4) is 0 Å². The summed E-state index contributed by atoms with van der Waals surface area (Å²) in [4.78, 5) is 26.1. The lowest BCUT2D eigenvalue weighted by molar-refractivity contribution is -0.117. The van der Waals surface area contributed by atoms with Crippen LogP contribution < -0.4 is 10.2 Å². The van der Waals surface area contributed by atoms with E-state index >= 15 is 0 Å². The molecule has 1 aromatic carbocycles. The van der Waals surface area contributed by atoms with Gasteiger partial charge in [-0.3, -0.25) is 9.59 Å². The Morgan fingerprint density at radius 3 is 2.75 bits per heavy atom. The number of nitrogens with zero attached hydrogens (tertiary/aromatic N) is 1. The van der Waals surface area contributed by atoms with Crippen molar-refractivity contribution in [2.24, 2.45) is 5.92 Å². The summed E-state index contributed by atoms with van der Waals surface area (Å²) in [5.41, 5.74) is 1.27. The minimum atomic E-state index is -0.134. The van der Waals surface area contributed by atoms with Crippen LogP contribution in [0.5, 0.6) is 0 Å². The van der Waals surface area contributed by atoms with E-state index < -0.39 is 0 Å². The Labute approximate surface area is 127 Å². The van der Waals surface area contributed by atoms with Crippen molar-refractivity contribution in [1.29, 1.82) is 0 Å². The smallest absolute Gasteiger partial charge is 0.253 e. The van der Waals surface area contributed by atoms with Gasteiger partial charge in [0.2, 0.25) is 5.91 Å². The third-order valence-electron chi connectivity index (χ3n) is 3.28. The maximum absolute atomic E-state index is 12.2. The zero-order valence-electron chi connectivity index (χ0n) is 11.7. The molecule has 1 aliphatic heterocycles. The van der Waals surface area contributed by atoms with Gasteiger partial charge in [0.15, 0.2) is 0 Å². The topological polar surface area (TPSA) is 49.4 Å². The number of alkyl halides is 1. The van der Waals surface area contributed by atoms with E-state index in [0.29, 0.717) is 30.1 Å². The van der Waals surface area contributed by atoms with Crippen molar-refractivity contribution >= 4 is 33.4 Å². The van der Waals surface area contributed by atoms with Gasteiger partial charge in [0.1, 0.15) is 0 Å². The molecule has 1 heterocycles. The van der Waals surface area contributed by atoms with Crippen molar-refractivity contribution < 1.29 is 9.59 Å². The number of carbonyl (C=O) groups excluding carboxylic acids is 2. The molecular formula is C15H19BrN2O2. The summed E-state index contributed by atoms with van der Waals surface area (Å²) in [7, 11) is 0. The van der Waals surface area contributed by atoms with Gasteiger partial charge in [-0.2, -0.15) is 0 Å². The average Bonchev–Trinajstić information content (AvgIpc) is 2.79. The van der Waals surface area contributed by atoms with Gasteiger partial charge in [-0.25, -0.2) is 0 Å². The van der Waals surface area contributed by atoms with Gasteiger partial charge in [-0.15, -0.1) is 0 Å². The number of rotatable bonds is 4. The molecule has 1 N–H and O–H groups in total. The maximum Gasteiger partial charge on any atom is 0.253 e. The van der Waals surface area contributed by atoms with Gasteiger partial charge in [0.05, 0.1) is 11.3 Å². The Morgan fingerprint density at radius 2 is 2.15 bits per heavy atom. The van der Waals surface area contributed by atoms with Crippen molar-refractivity contribution in [2.75, 3.05) is 16.8 Å². The summed E-state index contributed by atoms with van der Waals surface area (Å²) in [5.74, 6) is 0.258. The molecule has 20 heavy (non-hydrogen) atoms. The SMILES string of the molecule is CC(C)NC(=O)c1ccccc1N1CC(CBr)CC1=O. The van der Waals surface area contributed by atoms with Gasteiger partial charge in [-0.05, 0) is 31.9 Å². The number of hydrogen-bond donors (Lipinski definition) is 1. The number of para-hydroxylation sites is 1. The van der Waals surface area contributed by atoms with Crippen LogP contribution in [0.4, 0.5) is 5.69 Å². The predicted molar refractivity (Wildman–Crippen MR) is 83.3 cm³/mol. The molecule has 0 aromatic heterocycles. The maximum atomic E-state index is 12.2. The largest absolute Gasteiger partial charge is 0.350 e. The first-order chi connectivity index (χ1) is 9.52. The lowest BCUT2D eigenvalue weighted by Gasteiger charge is -2.20. The minimum Gasteiger partial charge on any atom is -0.350 e. The van der Waals surface area contributed by atoms with Gasteiger partial charge < -0.3 is 10.2 Å². The van der Waals surface area contributed by atoms with E-state index in [-0.39, 0.29) is 17.9 Å². The van der Waals surface area contributed by atoms with Crippen LogP contribution in [0.2, 0.25) is 0 Å². The highest BCUT2D eigenvalue weighted by Gasteiger charge is 2.31. The Bertz CT molecular complexity index is 516. The lowest BCUT2D eigenvalue weighted by Crippen LogP contribution is -2.33. The van der Waals surface area contributed by atoms with Crippen molar-refractivity contribution in [2.45, 2.75) is 26.3 Å². The fourth-order valence-electron chi connectivity index (χ4n) is 2.36. The highest BCUT2D eigenvalue weighted by atomic mass is 79.9. The first-order valence-corrected chi connectivity index (χ1v) is 7.91. The molecule has 0 aliphatic carbocycles. The highest BCUT2D eigenvalue weighted by Crippen LogP contribution is 2.28. The van der Waals surface area contributed by atoms with E-state index in [9.17, 15) is 9.59 Å². The number of hydrogen-bond acceptors (Lipinski definition) is 2. The van der Waals surface area contributed by atoms with Crippen LogP contribution in [-0.2, 0) is 4.79 Å². The van der Waals surface area contributed by atoms with Crippen LogP contribution in [0.25, 0.3) is 0 Å². The summed E-state index contributed by atoms with van der Waals surface area (Å²) in [6.45, 7) is 4.50. The molecule has 0 spiro atoms. The van der Waals surface area contributed by atoms with E-state index in [2.05, 4.69) is 21.2 Å². The Morgan fingerprint density at radius 1 is 1.45 bits per heavy atom. The number of carbonyl (C=O) groups is 2. The van der Waals surface area contributed by atoms with E-state index in [0.717, 1.165) is 5.33 Å². The normalized spacial score (nSPS) is 18.7. The Kier molecular flexibility index (Phi) is 4.81. The van der Waals surface area contributed by atoms with Gasteiger partial charge in [-0.1, -0.05) is 28.1 Å². The predicted octanol–water partition coefficient (Wildman–Crippen LogP) is 2.57. The molecular weight excluding hydrogens is 320 g/mol. The first-order valence-electron chi connectivity index (χ1n) is 6.79. The lowest BCUT2D eigenvalue weighted by atomic mass is 10.1. The van der Waals surface area contributed by atoms with Crippen LogP contribution in [-0.4, -0.2) is 29.7 Å². The summed E-state index contributed by atoms with van der Waals surface area (Å²) in [5, 5.41) is 3.68. The van der Waals surface area contributed by atoms with Crippen molar-refractivity contribution in [3.05, 3.63) is 29.8 Å². The van der Waals surface area contributed by atoms with E-state index in [4.69, 9.17) is 0 Å². The summed E-state index contributed by atoms with van der Waals surface area (Å²) >= 11 is 3.43. The fraction of sp³-hybridized carbons (Fsp3) is 0.467. The number of benzene rings is 1. The average molecular weight is 339 g/mol. The molecule has 0 bridgehead atoms. The van der Waals surface area contributed by atoms with Crippen LogP contribution in [0.1, 0.15) is 30.6 Å². The molecule has 0 saturated carbocycles. The van der Waals surface area contributed by atoms with E-state index in [1.54, 1.807) is 11.0 Å². The number of nitrogens with one attached hydrogen (secondary N) is 1. The minimum absolute atomic E-state index is 0.0696. The number of anilines is 1. The van der Waals surface area contributed by atoms with Gasteiger partial charge in [0.25, 0.3) is 5.91 Å². The molecule has 2 amide bonds. The second-order valence-corrected chi connectivity index (χ2v) is 6.02. The molecule has 1 aliphatic rings. The number of amides is 2. The highest BCUT2D eigenvalue weighted by molar-refractivity contribution is 9.09. The van der Waals surface area contributed by atoms with Gasteiger partial charge in [0, 0.05) is 24.3 Å². The molecule has 0 radical (unpaired) electrons. The van der Waals surface area contributed by atoms with E-state index in [1.165, 1.54) is 0 Å². The van der Waals surface area contributed by atoms with Crippen LogP contribution in [0, 0.1) is 5.92 Å². The standard InChI is InChI=1S/C15H19BrN2O2/c1-10(2)17-15(20)12-5-3-4-6-13(12)18-9-11(8-16)7-14(18)19/h3-6,10-11H,7-9H2,1-2H3,(H,17,20). The summed E-state index contributed by atoms with van der Waals surface area (Å²) in [6.07, 6.45) is 0.533. The van der Waals surface area contributed by atoms with Crippen molar-refractivity contribution in [1.82, 2.24) is 5.32 Å². The third-order valence-corrected chi connectivity index (χ3v) is 4.20. The van der Waals surface area contributed by atoms with Crippen LogP contribution in [0.3, 0.4) is 0 Å². The van der Waals surface area contributed by atoms with Crippen molar-refractivity contribution in [3.63, 3.8) is 0 Å². The molecule has 1 saturated heterocycles. The second kappa shape index (κ2) is 6.39. The molecule has 1 fully saturated rings. The zero-order valence-corrected chi connectivity index (χ0v) is 13.3. The third kappa shape index (κ3) is 3.20. The Balaban J connectivity index is 2.28. The zero-order chi connectivity index (χ0) is 14.7. The molecule has 1 atom stereocenters. The summed E-state index contributed by atoms with van der Waals surface area (Å²) in [6, 6.07) is 7.35. The molecule has 108 valence electrons. The second-order valence-electron chi connectivity index (χ2n) is 5.37. The first kappa shape index (κ1) is 15.0. The molecule has 1 aromatic rings. The molecule has 4 nitrogen and oxygen atoms in total. The fourth-order valence-corrected chi connectivity index (χ4v) is 2.79.